The molecule has 1 aliphatic heterocycles. The summed E-state index contributed by atoms with van der Waals surface area (Å²) in [6.07, 6.45) is 1.03. The Morgan fingerprint density at radius 2 is 1.83 bits per heavy atom. The smallest absolute Gasteiger partial charge is 0.137 e. The van der Waals surface area contributed by atoms with E-state index in [1.54, 1.807) is 0 Å². The molecule has 0 radical (unpaired) electrons. The molecule has 1 heterocycles. The van der Waals surface area contributed by atoms with Gasteiger partial charge in [-0.05, 0) is 27.7 Å². The summed E-state index contributed by atoms with van der Waals surface area (Å²) in [6, 6.07) is 0. The molecule has 70 valence electrons. The molecule has 0 amide bonds. The number of hydrogen-bond donors (Lipinski definition) is 1. The molecule has 12 heavy (non-hydrogen) atoms. The lowest BCUT2D eigenvalue weighted by molar-refractivity contribution is -0.125. The van der Waals surface area contributed by atoms with Crippen LogP contribution in [-0.4, -0.2) is 16.9 Å². The van der Waals surface area contributed by atoms with Gasteiger partial charge < -0.3 is 0 Å². The summed E-state index contributed by atoms with van der Waals surface area (Å²) < 4.78 is 0. The SMILES string of the molecule is CC1(C)CC(=O)CC(C)(C)ON1. The first-order valence-electron chi connectivity index (χ1n) is 4.28. The standard InChI is InChI=1S/C9H17NO2/c1-8(2)5-7(11)6-9(3,4)12-10-8/h10H,5-6H2,1-4H3. The van der Waals surface area contributed by atoms with Gasteiger partial charge in [0, 0.05) is 18.4 Å². The number of carbonyl (C=O) groups excluding carboxylic acids is 1. The zero-order valence-electron chi connectivity index (χ0n) is 8.23. The second-order valence-corrected chi connectivity index (χ2v) is 4.74. The molecule has 0 aromatic rings. The number of rotatable bonds is 0. The number of ketones is 1. The summed E-state index contributed by atoms with van der Waals surface area (Å²) in [6.45, 7) is 7.76. The Labute approximate surface area is 73.4 Å². The number of nitrogens with one attached hydrogen (secondary N) is 1. The predicted octanol–water partition coefficient (Wildman–Crippen LogP) is 1.43. The van der Waals surface area contributed by atoms with Crippen molar-refractivity contribution in [1.82, 2.24) is 5.48 Å². The lowest BCUT2D eigenvalue weighted by Gasteiger charge is -2.26. The van der Waals surface area contributed by atoms with Crippen LogP contribution in [0.5, 0.6) is 0 Å². The average Bonchev–Trinajstić information content (AvgIpc) is 1.87. The molecule has 1 saturated heterocycles. The molecule has 1 fully saturated rings. The van der Waals surface area contributed by atoms with E-state index in [0.717, 1.165) is 0 Å². The average molecular weight is 171 g/mol. The van der Waals surface area contributed by atoms with E-state index < -0.39 is 0 Å². The lowest BCUT2D eigenvalue weighted by Crippen LogP contribution is -2.41. The fraction of sp³-hybridized carbons (Fsp3) is 0.889. The van der Waals surface area contributed by atoms with Crippen LogP contribution in [0.3, 0.4) is 0 Å². The van der Waals surface area contributed by atoms with Crippen molar-refractivity contribution in [3.63, 3.8) is 0 Å². The number of Topliss-reactive ketones (excluding diaryl/α,β-unsaturated/α-hetero) is 1. The summed E-state index contributed by atoms with van der Waals surface area (Å²) in [7, 11) is 0. The molecule has 1 aliphatic rings. The Bertz CT molecular complexity index is 177. The normalized spacial score (nSPS) is 28.2. The van der Waals surface area contributed by atoms with Crippen LogP contribution < -0.4 is 5.48 Å². The molecule has 1 rings (SSSR count). The Kier molecular flexibility index (Phi) is 2.27. The molecule has 0 atom stereocenters. The van der Waals surface area contributed by atoms with Crippen LogP contribution in [0.1, 0.15) is 40.5 Å². The Morgan fingerprint density at radius 1 is 1.25 bits per heavy atom. The second-order valence-electron chi connectivity index (χ2n) is 4.74. The van der Waals surface area contributed by atoms with Crippen LogP contribution in [0.4, 0.5) is 0 Å². The predicted molar refractivity (Wildman–Crippen MR) is 46.6 cm³/mol. The quantitative estimate of drug-likeness (QED) is 0.599. The second kappa shape index (κ2) is 2.82. The third kappa shape index (κ3) is 2.57. The van der Waals surface area contributed by atoms with E-state index in [2.05, 4.69) is 5.48 Å². The number of hydrogen-bond acceptors (Lipinski definition) is 3. The molecule has 3 nitrogen and oxygen atoms in total. The van der Waals surface area contributed by atoms with Gasteiger partial charge in [-0.1, -0.05) is 0 Å². The first-order chi connectivity index (χ1) is 5.31. The minimum absolute atomic E-state index is 0.231. The van der Waals surface area contributed by atoms with Gasteiger partial charge in [0.05, 0.1) is 5.60 Å². The van der Waals surface area contributed by atoms with Crippen LogP contribution in [0.15, 0.2) is 0 Å². The molecule has 0 unspecified atom stereocenters. The maximum absolute atomic E-state index is 11.4. The van der Waals surface area contributed by atoms with Crippen LogP contribution in [0.25, 0.3) is 0 Å². The topological polar surface area (TPSA) is 38.3 Å². The summed E-state index contributed by atoms with van der Waals surface area (Å²) in [5.41, 5.74) is 2.32. The molecule has 0 bridgehead atoms. The fourth-order valence-corrected chi connectivity index (χ4v) is 1.38. The van der Waals surface area contributed by atoms with Gasteiger partial charge >= 0.3 is 0 Å². The monoisotopic (exact) mass is 171 g/mol. The van der Waals surface area contributed by atoms with Gasteiger partial charge in [0.15, 0.2) is 0 Å². The summed E-state index contributed by atoms with van der Waals surface area (Å²) in [4.78, 5) is 16.8. The molecule has 0 aliphatic carbocycles. The molecule has 0 spiro atoms. The molecule has 3 heteroatoms. The molecular weight excluding hydrogens is 154 g/mol. The van der Waals surface area contributed by atoms with Crippen molar-refractivity contribution in [3.8, 4) is 0 Å². The molecule has 0 aromatic heterocycles. The van der Waals surface area contributed by atoms with E-state index in [4.69, 9.17) is 4.84 Å². The van der Waals surface area contributed by atoms with E-state index in [-0.39, 0.29) is 16.9 Å². The van der Waals surface area contributed by atoms with Crippen molar-refractivity contribution in [3.05, 3.63) is 0 Å². The van der Waals surface area contributed by atoms with Crippen molar-refractivity contribution >= 4 is 5.78 Å². The van der Waals surface area contributed by atoms with E-state index in [1.165, 1.54) is 0 Å². The maximum atomic E-state index is 11.4. The maximum Gasteiger partial charge on any atom is 0.137 e. The zero-order valence-corrected chi connectivity index (χ0v) is 8.23. The fourth-order valence-electron chi connectivity index (χ4n) is 1.38. The van der Waals surface area contributed by atoms with Crippen molar-refractivity contribution in [2.45, 2.75) is 51.7 Å². The molecule has 0 saturated carbocycles. The van der Waals surface area contributed by atoms with Crippen molar-refractivity contribution in [2.24, 2.45) is 0 Å². The summed E-state index contributed by atoms with van der Waals surface area (Å²) in [5, 5.41) is 0. The van der Waals surface area contributed by atoms with Gasteiger partial charge in [0.2, 0.25) is 0 Å². The molecule has 1 N–H and O–H groups in total. The Balaban J connectivity index is 2.72. The summed E-state index contributed by atoms with van der Waals surface area (Å²) in [5.74, 6) is 0.259. The summed E-state index contributed by atoms with van der Waals surface area (Å²) >= 11 is 0. The van der Waals surface area contributed by atoms with Gasteiger partial charge in [-0.25, -0.2) is 0 Å². The van der Waals surface area contributed by atoms with Crippen molar-refractivity contribution in [2.75, 3.05) is 0 Å². The van der Waals surface area contributed by atoms with Gasteiger partial charge in [-0.3, -0.25) is 9.63 Å². The highest BCUT2D eigenvalue weighted by molar-refractivity contribution is 5.80. The zero-order chi connectivity index (χ0) is 9.41. The minimum Gasteiger partial charge on any atom is -0.300 e. The highest BCUT2D eigenvalue weighted by atomic mass is 16.7. The minimum atomic E-state index is -0.370. The van der Waals surface area contributed by atoms with Crippen LogP contribution in [0, 0.1) is 0 Å². The van der Waals surface area contributed by atoms with E-state index in [9.17, 15) is 4.79 Å². The molecular formula is C9H17NO2. The van der Waals surface area contributed by atoms with Crippen LogP contribution in [0.2, 0.25) is 0 Å². The number of carbonyl (C=O) groups is 1. The van der Waals surface area contributed by atoms with Gasteiger partial charge in [0.1, 0.15) is 5.78 Å². The Morgan fingerprint density at radius 3 is 2.42 bits per heavy atom. The highest BCUT2D eigenvalue weighted by Crippen LogP contribution is 2.23. The van der Waals surface area contributed by atoms with Crippen LogP contribution in [-0.2, 0) is 9.63 Å². The van der Waals surface area contributed by atoms with Gasteiger partial charge in [0.25, 0.3) is 0 Å². The van der Waals surface area contributed by atoms with E-state index >= 15 is 0 Å². The van der Waals surface area contributed by atoms with Crippen LogP contribution >= 0.6 is 0 Å². The highest BCUT2D eigenvalue weighted by Gasteiger charge is 2.33. The number of hydroxylamine groups is 1. The Hall–Kier alpha value is -0.410. The first-order valence-corrected chi connectivity index (χ1v) is 4.28. The van der Waals surface area contributed by atoms with Gasteiger partial charge in [-0.2, -0.15) is 5.48 Å². The first kappa shape index (κ1) is 9.68. The van der Waals surface area contributed by atoms with Gasteiger partial charge in [-0.15, -0.1) is 0 Å². The largest absolute Gasteiger partial charge is 0.300 e. The third-order valence-electron chi connectivity index (χ3n) is 1.87. The van der Waals surface area contributed by atoms with Crippen molar-refractivity contribution < 1.29 is 9.63 Å². The molecule has 0 aromatic carbocycles. The van der Waals surface area contributed by atoms with Crippen molar-refractivity contribution in [1.29, 1.82) is 0 Å². The van der Waals surface area contributed by atoms with E-state index in [1.807, 2.05) is 27.7 Å². The van der Waals surface area contributed by atoms with E-state index in [0.29, 0.717) is 12.8 Å². The third-order valence-corrected chi connectivity index (χ3v) is 1.87. The lowest BCUT2D eigenvalue weighted by atomic mass is 9.94.